The topological polar surface area (TPSA) is 137 Å². The number of aliphatic hydroxyl groups is 1. The Kier molecular flexibility index (Phi) is 10.8. The number of hydrogen-bond acceptors (Lipinski definition) is 5. The number of aliphatic hydroxyl groups excluding tert-OH is 1. The predicted octanol–water partition coefficient (Wildman–Crippen LogP) is 3.45. The van der Waals surface area contributed by atoms with Gasteiger partial charge in [-0.1, -0.05) is 49.7 Å². The van der Waals surface area contributed by atoms with Crippen molar-refractivity contribution >= 4 is 29.5 Å². The van der Waals surface area contributed by atoms with Gasteiger partial charge in [0.1, 0.15) is 17.8 Å². The Morgan fingerprint density at radius 1 is 1.00 bits per heavy atom. The fourth-order valence-electron chi connectivity index (χ4n) is 3.66. The van der Waals surface area contributed by atoms with Gasteiger partial charge in [0.05, 0.1) is 13.2 Å². The number of hydrogen-bond donors (Lipinski definition) is 5. The second-order valence-electron chi connectivity index (χ2n) is 8.82. The number of rotatable bonds is 11. The van der Waals surface area contributed by atoms with Crippen LogP contribution in [-0.4, -0.2) is 59.6 Å². The molecule has 0 saturated carbocycles. The van der Waals surface area contributed by atoms with Crippen molar-refractivity contribution in [2.24, 2.45) is 5.92 Å². The first-order valence-electron chi connectivity index (χ1n) is 11.5. The smallest absolute Gasteiger partial charge is 0.416 e. The SMILES string of the molecule is COc1ccc([C@H](NC(=O)C(Cc2cccc(Cl)c2)NC(=O)O)C(=O)N[C@@H](C(C)C)[C@H](O)C(F)(F)F)cc1. The molecule has 2 aromatic rings. The first-order valence-corrected chi connectivity index (χ1v) is 11.8. The van der Waals surface area contributed by atoms with Gasteiger partial charge < -0.3 is 30.9 Å². The summed E-state index contributed by atoms with van der Waals surface area (Å²) in [6.45, 7) is 2.78. The van der Waals surface area contributed by atoms with E-state index in [4.69, 9.17) is 16.3 Å². The summed E-state index contributed by atoms with van der Waals surface area (Å²) < 4.78 is 44.8. The molecule has 0 fully saturated rings. The lowest BCUT2D eigenvalue weighted by Gasteiger charge is -2.31. The van der Waals surface area contributed by atoms with Gasteiger partial charge in [0.25, 0.3) is 0 Å². The van der Waals surface area contributed by atoms with E-state index in [1.807, 2.05) is 0 Å². The number of nitrogens with one attached hydrogen (secondary N) is 3. The number of benzene rings is 2. The molecule has 3 amide bonds. The third-order valence-corrected chi connectivity index (χ3v) is 5.88. The molecule has 0 aliphatic rings. The second-order valence-corrected chi connectivity index (χ2v) is 9.25. The van der Waals surface area contributed by atoms with Crippen molar-refractivity contribution in [1.82, 2.24) is 16.0 Å². The summed E-state index contributed by atoms with van der Waals surface area (Å²) in [7, 11) is 1.41. The highest BCUT2D eigenvalue weighted by Crippen LogP contribution is 2.26. The zero-order valence-electron chi connectivity index (χ0n) is 20.8. The monoisotopic (exact) mass is 559 g/mol. The van der Waals surface area contributed by atoms with Crippen LogP contribution in [0.25, 0.3) is 0 Å². The molecule has 2 rings (SSSR count). The summed E-state index contributed by atoms with van der Waals surface area (Å²) in [5.74, 6) is -2.37. The fraction of sp³-hybridized carbons (Fsp3) is 0.400. The molecule has 0 aromatic heterocycles. The lowest BCUT2D eigenvalue weighted by Crippen LogP contribution is -2.56. The summed E-state index contributed by atoms with van der Waals surface area (Å²) in [6, 6.07) is 7.52. The number of alkyl halides is 3. The predicted molar refractivity (Wildman–Crippen MR) is 133 cm³/mol. The van der Waals surface area contributed by atoms with Crippen LogP contribution in [0.3, 0.4) is 0 Å². The summed E-state index contributed by atoms with van der Waals surface area (Å²) >= 11 is 5.97. The van der Waals surface area contributed by atoms with Gasteiger partial charge in [0.2, 0.25) is 11.8 Å². The molecule has 5 N–H and O–H groups in total. The van der Waals surface area contributed by atoms with E-state index in [1.165, 1.54) is 51.3 Å². The van der Waals surface area contributed by atoms with Gasteiger partial charge in [-0.3, -0.25) is 9.59 Å². The van der Waals surface area contributed by atoms with Crippen LogP contribution in [0.5, 0.6) is 5.75 Å². The lowest BCUT2D eigenvalue weighted by molar-refractivity contribution is -0.215. The summed E-state index contributed by atoms with van der Waals surface area (Å²) in [5, 5.41) is 26.1. The zero-order valence-corrected chi connectivity index (χ0v) is 21.5. The first kappa shape index (κ1) is 30.7. The van der Waals surface area contributed by atoms with Crippen molar-refractivity contribution in [1.29, 1.82) is 0 Å². The third kappa shape index (κ3) is 8.80. The molecule has 0 bridgehead atoms. The van der Waals surface area contributed by atoms with Crippen LogP contribution in [0.1, 0.15) is 31.0 Å². The Labute approximate surface area is 222 Å². The molecule has 1 unspecified atom stereocenters. The summed E-state index contributed by atoms with van der Waals surface area (Å²) in [5.41, 5.74) is 0.697. The van der Waals surface area contributed by atoms with Gasteiger partial charge in [-0.25, -0.2) is 4.79 Å². The molecule has 4 atom stereocenters. The second kappa shape index (κ2) is 13.3. The zero-order chi connectivity index (χ0) is 28.6. The van der Waals surface area contributed by atoms with E-state index in [0.29, 0.717) is 16.3 Å². The molecule has 0 spiro atoms. The number of amides is 3. The van der Waals surface area contributed by atoms with Gasteiger partial charge in [-0.05, 0) is 41.3 Å². The quantitative estimate of drug-likeness (QED) is 0.286. The molecular weight excluding hydrogens is 531 g/mol. The summed E-state index contributed by atoms with van der Waals surface area (Å²) in [6.07, 6.45) is -9.50. The molecule has 13 heteroatoms. The highest BCUT2D eigenvalue weighted by atomic mass is 35.5. The number of halogens is 4. The van der Waals surface area contributed by atoms with Gasteiger partial charge >= 0.3 is 12.3 Å². The maximum absolute atomic E-state index is 13.2. The molecule has 0 aliphatic heterocycles. The van der Waals surface area contributed by atoms with Gasteiger partial charge in [0, 0.05) is 11.4 Å². The van der Waals surface area contributed by atoms with E-state index >= 15 is 0 Å². The van der Waals surface area contributed by atoms with Crippen molar-refractivity contribution in [3.63, 3.8) is 0 Å². The molecule has 38 heavy (non-hydrogen) atoms. The van der Waals surface area contributed by atoms with Gasteiger partial charge in [-0.2, -0.15) is 13.2 Å². The Morgan fingerprint density at radius 3 is 2.13 bits per heavy atom. The minimum Gasteiger partial charge on any atom is -0.497 e. The molecule has 208 valence electrons. The average molecular weight is 560 g/mol. The lowest BCUT2D eigenvalue weighted by atomic mass is 9.96. The number of methoxy groups -OCH3 is 1. The van der Waals surface area contributed by atoms with Crippen molar-refractivity contribution in [3.05, 3.63) is 64.7 Å². The normalized spacial score (nSPS) is 14.7. The van der Waals surface area contributed by atoms with Crippen molar-refractivity contribution in [3.8, 4) is 5.75 Å². The molecule has 0 radical (unpaired) electrons. The van der Waals surface area contributed by atoms with Crippen LogP contribution < -0.4 is 20.7 Å². The van der Waals surface area contributed by atoms with E-state index in [0.717, 1.165) is 0 Å². The minimum absolute atomic E-state index is 0.128. The van der Waals surface area contributed by atoms with E-state index in [9.17, 15) is 37.8 Å². The largest absolute Gasteiger partial charge is 0.497 e. The van der Waals surface area contributed by atoms with Gasteiger partial charge in [-0.15, -0.1) is 0 Å². The molecule has 0 saturated heterocycles. The Hall–Kier alpha value is -3.51. The number of ether oxygens (including phenoxy) is 1. The Balaban J connectivity index is 2.39. The van der Waals surface area contributed by atoms with Crippen molar-refractivity contribution in [2.75, 3.05) is 7.11 Å². The van der Waals surface area contributed by atoms with Crippen LogP contribution in [0.2, 0.25) is 5.02 Å². The van der Waals surface area contributed by atoms with Crippen LogP contribution in [0.15, 0.2) is 48.5 Å². The van der Waals surface area contributed by atoms with Crippen LogP contribution in [0.4, 0.5) is 18.0 Å². The number of carbonyl (C=O) groups excluding carboxylic acids is 2. The Morgan fingerprint density at radius 2 is 1.63 bits per heavy atom. The minimum atomic E-state index is -5.01. The van der Waals surface area contributed by atoms with Crippen LogP contribution >= 0.6 is 11.6 Å². The van der Waals surface area contributed by atoms with Crippen LogP contribution in [0, 0.1) is 5.92 Å². The first-order chi connectivity index (χ1) is 17.7. The number of carbonyl (C=O) groups is 3. The van der Waals surface area contributed by atoms with E-state index in [1.54, 1.807) is 18.2 Å². The maximum atomic E-state index is 13.2. The standard InChI is InChI=1S/C25H29ClF3N3O6/c1-13(2)19(21(33)25(27,28)29)31-23(35)20(15-7-9-17(38-3)10-8-15)32-22(34)18(30-24(36)37)12-14-5-4-6-16(26)11-14/h4-11,13,18-21,30,33H,12H2,1-3H3,(H,31,35)(H,32,34)(H,36,37)/t18?,19-,20-,21-/m0/s1. The fourth-order valence-corrected chi connectivity index (χ4v) is 3.87. The number of carboxylic acid groups (broad SMARTS) is 1. The summed E-state index contributed by atoms with van der Waals surface area (Å²) in [4.78, 5) is 37.8. The van der Waals surface area contributed by atoms with Crippen molar-refractivity contribution in [2.45, 2.75) is 50.7 Å². The average Bonchev–Trinajstić information content (AvgIpc) is 2.83. The third-order valence-electron chi connectivity index (χ3n) is 5.64. The molecule has 0 heterocycles. The molecule has 2 aromatic carbocycles. The maximum Gasteiger partial charge on any atom is 0.416 e. The van der Waals surface area contributed by atoms with Gasteiger partial charge in [0.15, 0.2) is 6.10 Å². The van der Waals surface area contributed by atoms with E-state index in [-0.39, 0.29) is 12.0 Å². The Bertz CT molecular complexity index is 1110. The highest BCUT2D eigenvalue weighted by molar-refractivity contribution is 6.30. The molecule has 9 nitrogen and oxygen atoms in total. The highest BCUT2D eigenvalue weighted by Gasteiger charge is 2.45. The van der Waals surface area contributed by atoms with Crippen LogP contribution in [-0.2, 0) is 16.0 Å². The van der Waals surface area contributed by atoms with E-state index in [2.05, 4.69) is 16.0 Å². The van der Waals surface area contributed by atoms with E-state index < -0.39 is 54.2 Å². The van der Waals surface area contributed by atoms with Crippen molar-refractivity contribution < 1.29 is 42.5 Å². The molecular formula is C25H29ClF3N3O6. The molecule has 0 aliphatic carbocycles.